The minimum atomic E-state index is -0.0383. The molecule has 0 atom stereocenters. The molecule has 0 aliphatic carbocycles. The van der Waals surface area contributed by atoms with E-state index in [1.165, 1.54) is 22.5 Å². The standard InChI is InChI=1S/C21H23BrN2O2S/c1-13(2)15-7-9-18(16(22)12-15)26-10-4-5-20(25)24-21-23-17-8-6-14(3)11-19(17)27-21/h6-9,11-13H,4-5,10H2,1-3H3,(H,23,24,25). The molecule has 0 aliphatic heterocycles. The van der Waals surface area contributed by atoms with Crippen LogP contribution in [0, 0.1) is 6.92 Å². The van der Waals surface area contributed by atoms with Crippen LogP contribution in [0.2, 0.25) is 0 Å². The number of amides is 1. The molecule has 2 aromatic carbocycles. The van der Waals surface area contributed by atoms with E-state index in [4.69, 9.17) is 4.74 Å². The quantitative estimate of drug-likeness (QED) is 0.433. The Hall–Kier alpha value is -1.92. The minimum absolute atomic E-state index is 0.0383. The van der Waals surface area contributed by atoms with Crippen molar-refractivity contribution in [1.82, 2.24) is 4.98 Å². The Kier molecular flexibility index (Phi) is 6.50. The van der Waals surface area contributed by atoms with E-state index >= 15 is 0 Å². The van der Waals surface area contributed by atoms with E-state index in [2.05, 4.69) is 58.3 Å². The molecular formula is C21H23BrN2O2S. The topological polar surface area (TPSA) is 51.2 Å². The van der Waals surface area contributed by atoms with Crippen molar-refractivity contribution in [3.63, 3.8) is 0 Å². The van der Waals surface area contributed by atoms with Crippen LogP contribution in [0.5, 0.6) is 5.75 Å². The van der Waals surface area contributed by atoms with Crippen LogP contribution in [0.3, 0.4) is 0 Å². The lowest BCUT2D eigenvalue weighted by Crippen LogP contribution is -2.12. The van der Waals surface area contributed by atoms with Gasteiger partial charge in [-0.05, 0) is 70.6 Å². The maximum Gasteiger partial charge on any atom is 0.226 e. The van der Waals surface area contributed by atoms with E-state index in [0.29, 0.717) is 30.5 Å². The summed E-state index contributed by atoms with van der Waals surface area (Å²) < 4.78 is 7.83. The summed E-state index contributed by atoms with van der Waals surface area (Å²) in [7, 11) is 0. The summed E-state index contributed by atoms with van der Waals surface area (Å²) in [5, 5.41) is 3.53. The van der Waals surface area contributed by atoms with E-state index in [1.54, 1.807) is 0 Å². The number of hydrogen-bond acceptors (Lipinski definition) is 4. The highest BCUT2D eigenvalue weighted by Gasteiger charge is 2.09. The van der Waals surface area contributed by atoms with E-state index in [1.807, 2.05) is 25.1 Å². The molecule has 1 N–H and O–H groups in total. The van der Waals surface area contributed by atoms with Gasteiger partial charge in [-0.2, -0.15) is 0 Å². The Balaban J connectivity index is 1.46. The largest absolute Gasteiger partial charge is 0.492 e. The van der Waals surface area contributed by atoms with E-state index in [-0.39, 0.29) is 5.91 Å². The summed E-state index contributed by atoms with van der Waals surface area (Å²) in [5.41, 5.74) is 3.37. The molecule has 142 valence electrons. The second-order valence-electron chi connectivity index (χ2n) is 6.83. The Morgan fingerprint density at radius 1 is 1.26 bits per heavy atom. The molecule has 6 heteroatoms. The molecule has 4 nitrogen and oxygen atoms in total. The highest BCUT2D eigenvalue weighted by atomic mass is 79.9. The molecule has 0 saturated heterocycles. The van der Waals surface area contributed by atoms with Gasteiger partial charge in [-0.3, -0.25) is 4.79 Å². The average molecular weight is 447 g/mol. The smallest absolute Gasteiger partial charge is 0.226 e. The Morgan fingerprint density at radius 3 is 2.81 bits per heavy atom. The number of carbonyl (C=O) groups excluding carboxylic acids is 1. The number of anilines is 1. The molecule has 3 aromatic rings. The van der Waals surface area contributed by atoms with Crippen LogP contribution in [-0.2, 0) is 4.79 Å². The molecule has 0 fully saturated rings. The summed E-state index contributed by atoms with van der Waals surface area (Å²) in [6.07, 6.45) is 1.05. The van der Waals surface area contributed by atoms with Crippen molar-refractivity contribution in [3.05, 3.63) is 52.0 Å². The highest BCUT2D eigenvalue weighted by Crippen LogP contribution is 2.29. The van der Waals surface area contributed by atoms with Gasteiger partial charge in [0.2, 0.25) is 5.91 Å². The summed E-state index contributed by atoms with van der Waals surface area (Å²) in [5.74, 6) is 1.25. The second kappa shape index (κ2) is 8.85. The number of rotatable bonds is 7. The second-order valence-corrected chi connectivity index (χ2v) is 8.72. The van der Waals surface area contributed by atoms with Gasteiger partial charge in [0.15, 0.2) is 5.13 Å². The zero-order valence-electron chi connectivity index (χ0n) is 15.7. The fraction of sp³-hybridized carbons (Fsp3) is 0.333. The monoisotopic (exact) mass is 446 g/mol. The third-order valence-corrected chi connectivity index (χ3v) is 5.77. The Morgan fingerprint density at radius 2 is 2.07 bits per heavy atom. The van der Waals surface area contributed by atoms with Gasteiger partial charge < -0.3 is 10.1 Å². The summed E-state index contributed by atoms with van der Waals surface area (Å²) in [6, 6.07) is 12.2. The average Bonchev–Trinajstić information content (AvgIpc) is 3.00. The molecule has 0 saturated carbocycles. The predicted octanol–water partition coefficient (Wildman–Crippen LogP) is 6.29. The molecule has 0 bridgehead atoms. The first-order chi connectivity index (χ1) is 12.9. The van der Waals surface area contributed by atoms with Gasteiger partial charge in [-0.25, -0.2) is 4.98 Å². The SMILES string of the molecule is Cc1ccc2nc(NC(=O)CCCOc3ccc(C(C)C)cc3Br)sc2c1. The van der Waals surface area contributed by atoms with Gasteiger partial charge >= 0.3 is 0 Å². The zero-order valence-corrected chi connectivity index (χ0v) is 18.1. The third kappa shape index (κ3) is 5.30. The van der Waals surface area contributed by atoms with Crippen LogP contribution >= 0.6 is 27.3 Å². The van der Waals surface area contributed by atoms with Crippen molar-refractivity contribution in [2.24, 2.45) is 0 Å². The zero-order chi connectivity index (χ0) is 19.4. The maximum absolute atomic E-state index is 12.1. The number of halogens is 1. The molecule has 0 spiro atoms. The normalized spacial score (nSPS) is 11.1. The van der Waals surface area contributed by atoms with Crippen molar-refractivity contribution in [1.29, 1.82) is 0 Å². The van der Waals surface area contributed by atoms with Crippen LogP contribution in [-0.4, -0.2) is 17.5 Å². The lowest BCUT2D eigenvalue weighted by molar-refractivity contribution is -0.116. The molecule has 1 aromatic heterocycles. The minimum Gasteiger partial charge on any atom is -0.492 e. The molecule has 0 unspecified atom stereocenters. The number of nitrogens with zero attached hydrogens (tertiary/aromatic N) is 1. The third-order valence-electron chi connectivity index (χ3n) is 4.22. The Bertz CT molecular complexity index is 953. The van der Waals surface area contributed by atoms with Crippen molar-refractivity contribution in [2.45, 2.75) is 39.5 Å². The van der Waals surface area contributed by atoms with E-state index < -0.39 is 0 Å². The fourth-order valence-corrected chi connectivity index (χ4v) is 4.17. The molecular weight excluding hydrogens is 424 g/mol. The summed E-state index contributed by atoms with van der Waals surface area (Å²) in [4.78, 5) is 16.6. The number of benzene rings is 2. The summed E-state index contributed by atoms with van der Waals surface area (Å²) in [6.45, 7) is 6.86. The van der Waals surface area contributed by atoms with Crippen LogP contribution in [0.4, 0.5) is 5.13 Å². The first kappa shape index (κ1) is 19.8. The van der Waals surface area contributed by atoms with Crippen LogP contribution in [0.25, 0.3) is 10.2 Å². The summed E-state index contributed by atoms with van der Waals surface area (Å²) >= 11 is 5.05. The van der Waals surface area contributed by atoms with Gasteiger partial charge in [0.25, 0.3) is 0 Å². The van der Waals surface area contributed by atoms with Gasteiger partial charge in [0.1, 0.15) is 5.75 Å². The number of carbonyl (C=O) groups is 1. The molecule has 0 aliphatic rings. The number of nitrogens with one attached hydrogen (secondary N) is 1. The lowest BCUT2D eigenvalue weighted by Gasteiger charge is -2.11. The number of fused-ring (bicyclic) bond motifs is 1. The predicted molar refractivity (Wildman–Crippen MR) is 116 cm³/mol. The molecule has 27 heavy (non-hydrogen) atoms. The van der Waals surface area contributed by atoms with Crippen molar-refractivity contribution >= 4 is 48.5 Å². The molecule has 0 radical (unpaired) electrons. The van der Waals surface area contributed by atoms with Crippen LogP contribution in [0.15, 0.2) is 40.9 Å². The molecule has 1 heterocycles. The number of aryl methyl sites for hydroxylation is 1. The molecule has 1 amide bonds. The lowest BCUT2D eigenvalue weighted by atomic mass is 10.0. The van der Waals surface area contributed by atoms with Gasteiger partial charge in [0.05, 0.1) is 21.3 Å². The van der Waals surface area contributed by atoms with Crippen molar-refractivity contribution < 1.29 is 9.53 Å². The van der Waals surface area contributed by atoms with Crippen LogP contribution in [0.1, 0.15) is 43.7 Å². The Labute approximate surface area is 172 Å². The number of aromatic nitrogens is 1. The first-order valence-corrected chi connectivity index (χ1v) is 10.6. The number of ether oxygens (including phenoxy) is 1. The number of hydrogen-bond donors (Lipinski definition) is 1. The molecule has 3 rings (SSSR count). The fourth-order valence-electron chi connectivity index (χ4n) is 2.68. The van der Waals surface area contributed by atoms with Crippen molar-refractivity contribution in [3.8, 4) is 5.75 Å². The van der Waals surface area contributed by atoms with Gasteiger partial charge in [-0.1, -0.05) is 37.3 Å². The van der Waals surface area contributed by atoms with Crippen molar-refractivity contribution in [2.75, 3.05) is 11.9 Å². The number of thiazole rings is 1. The van der Waals surface area contributed by atoms with Crippen LogP contribution < -0.4 is 10.1 Å². The highest BCUT2D eigenvalue weighted by molar-refractivity contribution is 9.10. The van der Waals surface area contributed by atoms with E-state index in [0.717, 1.165) is 20.4 Å². The van der Waals surface area contributed by atoms with Gasteiger partial charge in [-0.15, -0.1) is 0 Å². The van der Waals surface area contributed by atoms with E-state index in [9.17, 15) is 4.79 Å². The maximum atomic E-state index is 12.1. The van der Waals surface area contributed by atoms with Gasteiger partial charge in [0, 0.05) is 6.42 Å². The first-order valence-electron chi connectivity index (χ1n) is 9.01.